The first-order valence-corrected chi connectivity index (χ1v) is 4.56. The number of ketones is 1. The topological polar surface area (TPSA) is 57.5 Å². The van der Waals surface area contributed by atoms with Gasteiger partial charge in [0.25, 0.3) is 0 Å². The van der Waals surface area contributed by atoms with E-state index in [1.807, 2.05) is 0 Å². The minimum absolute atomic E-state index is 0.0412. The van der Waals surface area contributed by atoms with Crippen molar-refractivity contribution < 1.29 is 15.0 Å². The second-order valence-corrected chi connectivity index (χ2v) is 3.23. The number of para-hydroxylation sites is 1. The van der Waals surface area contributed by atoms with Crippen LogP contribution in [0.25, 0.3) is 0 Å². The molecule has 0 aromatic heterocycles. The van der Waals surface area contributed by atoms with Crippen LogP contribution in [-0.4, -0.2) is 22.6 Å². The number of carbonyl (C=O) groups excluding carboxylic acids is 1. The van der Waals surface area contributed by atoms with Gasteiger partial charge in [-0.3, -0.25) is 4.79 Å². The Morgan fingerprint density at radius 2 is 2.07 bits per heavy atom. The summed E-state index contributed by atoms with van der Waals surface area (Å²) in [5.74, 6) is -0.331. The maximum absolute atomic E-state index is 11.3. The van der Waals surface area contributed by atoms with Crippen LogP contribution in [0.3, 0.4) is 0 Å². The molecule has 2 N–H and O–H groups in total. The maximum atomic E-state index is 11.3. The van der Waals surface area contributed by atoms with Crippen molar-refractivity contribution in [3.63, 3.8) is 0 Å². The number of hydrogen-bond acceptors (Lipinski definition) is 3. The number of aromatic hydroxyl groups is 1. The van der Waals surface area contributed by atoms with Crippen molar-refractivity contribution in [1.29, 1.82) is 0 Å². The monoisotopic (exact) mass is 194 g/mol. The van der Waals surface area contributed by atoms with Crippen molar-refractivity contribution in [2.75, 3.05) is 6.61 Å². The quantitative estimate of drug-likeness (QED) is 0.762. The fraction of sp³-hybridized carbons (Fsp3) is 0.364. The van der Waals surface area contributed by atoms with Crippen molar-refractivity contribution in [1.82, 2.24) is 0 Å². The van der Waals surface area contributed by atoms with Crippen LogP contribution in [0.5, 0.6) is 5.75 Å². The standard InChI is InChI=1S/C11H14O3/c1-8(13)9(6-7-12)10-4-2-3-5-11(10)14/h2-5,9,12,14H,6-7H2,1H3. The summed E-state index contributed by atoms with van der Waals surface area (Å²) in [6.45, 7) is 1.41. The SMILES string of the molecule is CC(=O)C(CCO)c1ccccc1O. The van der Waals surface area contributed by atoms with Gasteiger partial charge in [0, 0.05) is 18.1 Å². The van der Waals surface area contributed by atoms with Crippen LogP contribution in [0.15, 0.2) is 24.3 Å². The zero-order valence-electron chi connectivity index (χ0n) is 8.10. The highest BCUT2D eigenvalue weighted by molar-refractivity contribution is 5.84. The van der Waals surface area contributed by atoms with E-state index in [0.717, 1.165) is 0 Å². The molecule has 0 saturated heterocycles. The molecule has 0 bridgehead atoms. The molecule has 0 aliphatic carbocycles. The van der Waals surface area contributed by atoms with Crippen molar-refractivity contribution in [3.05, 3.63) is 29.8 Å². The van der Waals surface area contributed by atoms with Crippen molar-refractivity contribution in [2.45, 2.75) is 19.3 Å². The van der Waals surface area contributed by atoms with E-state index in [2.05, 4.69) is 0 Å². The predicted octanol–water partition coefficient (Wildman–Crippen LogP) is 1.45. The second-order valence-electron chi connectivity index (χ2n) is 3.23. The molecule has 0 heterocycles. The lowest BCUT2D eigenvalue weighted by molar-refractivity contribution is -0.118. The Morgan fingerprint density at radius 1 is 1.43 bits per heavy atom. The van der Waals surface area contributed by atoms with Gasteiger partial charge >= 0.3 is 0 Å². The lowest BCUT2D eigenvalue weighted by Crippen LogP contribution is -2.10. The van der Waals surface area contributed by atoms with E-state index < -0.39 is 5.92 Å². The number of aliphatic hydroxyl groups is 1. The van der Waals surface area contributed by atoms with Gasteiger partial charge in [-0.05, 0) is 19.4 Å². The zero-order chi connectivity index (χ0) is 10.6. The number of aliphatic hydroxyl groups excluding tert-OH is 1. The molecular weight excluding hydrogens is 180 g/mol. The van der Waals surface area contributed by atoms with Crippen LogP contribution in [0.2, 0.25) is 0 Å². The molecule has 0 amide bonds. The molecule has 0 spiro atoms. The number of phenolic OH excluding ortho intramolecular Hbond substituents is 1. The molecule has 0 aliphatic heterocycles. The predicted molar refractivity (Wildman–Crippen MR) is 53.2 cm³/mol. The van der Waals surface area contributed by atoms with E-state index in [0.29, 0.717) is 12.0 Å². The Hall–Kier alpha value is -1.35. The third kappa shape index (κ3) is 2.33. The van der Waals surface area contributed by atoms with Crippen molar-refractivity contribution >= 4 is 5.78 Å². The van der Waals surface area contributed by atoms with E-state index >= 15 is 0 Å². The molecule has 0 saturated carbocycles. The fourth-order valence-electron chi connectivity index (χ4n) is 1.49. The smallest absolute Gasteiger partial charge is 0.137 e. The summed E-state index contributed by atoms with van der Waals surface area (Å²) >= 11 is 0. The average molecular weight is 194 g/mol. The first-order chi connectivity index (χ1) is 6.66. The van der Waals surface area contributed by atoms with E-state index in [1.54, 1.807) is 24.3 Å². The summed E-state index contributed by atoms with van der Waals surface area (Å²) in [5.41, 5.74) is 0.592. The third-order valence-electron chi connectivity index (χ3n) is 2.22. The summed E-state index contributed by atoms with van der Waals surface area (Å²) in [7, 11) is 0. The molecule has 76 valence electrons. The van der Waals surface area contributed by atoms with Gasteiger partial charge in [0.15, 0.2) is 0 Å². The number of benzene rings is 1. The Balaban J connectivity index is 2.99. The molecule has 1 unspecified atom stereocenters. The van der Waals surface area contributed by atoms with Crippen molar-refractivity contribution in [2.24, 2.45) is 0 Å². The van der Waals surface area contributed by atoms with Gasteiger partial charge in [-0.2, -0.15) is 0 Å². The molecule has 0 radical (unpaired) electrons. The number of Topliss-reactive ketones (excluding diaryl/α,β-unsaturated/α-hetero) is 1. The van der Waals surface area contributed by atoms with Crippen LogP contribution in [0.4, 0.5) is 0 Å². The molecule has 14 heavy (non-hydrogen) atoms. The number of phenols is 1. The van der Waals surface area contributed by atoms with Gasteiger partial charge in [0.2, 0.25) is 0 Å². The minimum atomic E-state index is -0.402. The van der Waals surface area contributed by atoms with Crippen LogP contribution in [-0.2, 0) is 4.79 Å². The van der Waals surface area contributed by atoms with Gasteiger partial charge in [-0.25, -0.2) is 0 Å². The van der Waals surface area contributed by atoms with Gasteiger partial charge in [-0.1, -0.05) is 18.2 Å². The maximum Gasteiger partial charge on any atom is 0.137 e. The first-order valence-electron chi connectivity index (χ1n) is 4.56. The molecule has 0 aliphatic rings. The van der Waals surface area contributed by atoms with Crippen LogP contribution in [0, 0.1) is 0 Å². The second kappa shape index (κ2) is 4.77. The van der Waals surface area contributed by atoms with Crippen LogP contribution >= 0.6 is 0 Å². The lowest BCUT2D eigenvalue weighted by Gasteiger charge is -2.13. The average Bonchev–Trinajstić information content (AvgIpc) is 2.15. The normalized spacial score (nSPS) is 12.4. The number of carbonyl (C=O) groups is 1. The third-order valence-corrected chi connectivity index (χ3v) is 2.22. The molecule has 3 heteroatoms. The molecule has 1 atom stereocenters. The highest BCUT2D eigenvalue weighted by atomic mass is 16.3. The number of rotatable bonds is 4. The highest BCUT2D eigenvalue weighted by Crippen LogP contribution is 2.28. The molecule has 1 aromatic carbocycles. The van der Waals surface area contributed by atoms with Gasteiger partial charge in [0.05, 0.1) is 0 Å². The molecule has 0 fully saturated rings. The van der Waals surface area contributed by atoms with Crippen LogP contribution in [0.1, 0.15) is 24.8 Å². The molecular formula is C11H14O3. The van der Waals surface area contributed by atoms with Gasteiger partial charge < -0.3 is 10.2 Å². The molecule has 1 rings (SSSR count). The summed E-state index contributed by atoms with van der Waals surface area (Å²) in [5, 5.41) is 18.3. The van der Waals surface area contributed by atoms with Crippen molar-refractivity contribution in [3.8, 4) is 5.75 Å². The summed E-state index contributed by atoms with van der Waals surface area (Å²) in [4.78, 5) is 11.3. The summed E-state index contributed by atoms with van der Waals surface area (Å²) in [6.07, 6.45) is 0.354. The van der Waals surface area contributed by atoms with E-state index in [1.165, 1.54) is 6.92 Å². The first kappa shape index (κ1) is 10.7. The van der Waals surface area contributed by atoms with Gasteiger partial charge in [0.1, 0.15) is 11.5 Å². The molecule has 1 aromatic rings. The Morgan fingerprint density at radius 3 is 2.57 bits per heavy atom. The Bertz CT molecular complexity index is 320. The van der Waals surface area contributed by atoms with E-state index in [-0.39, 0.29) is 18.1 Å². The summed E-state index contributed by atoms with van der Waals surface area (Å²) in [6, 6.07) is 6.72. The fourth-order valence-corrected chi connectivity index (χ4v) is 1.49. The molecule has 3 nitrogen and oxygen atoms in total. The Kier molecular flexibility index (Phi) is 3.65. The highest BCUT2D eigenvalue weighted by Gasteiger charge is 2.18. The Labute approximate surface area is 83.0 Å². The lowest BCUT2D eigenvalue weighted by atomic mass is 9.92. The zero-order valence-corrected chi connectivity index (χ0v) is 8.10. The van der Waals surface area contributed by atoms with Crippen LogP contribution < -0.4 is 0 Å². The largest absolute Gasteiger partial charge is 0.508 e. The van der Waals surface area contributed by atoms with Gasteiger partial charge in [-0.15, -0.1) is 0 Å². The van der Waals surface area contributed by atoms with E-state index in [9.17, 15) is 9.90 Å². The summed E-state index contributed by atoms with van der Waals surface area (Å²) < 4.78 is 0. The number of hydrogen-bond donors (Lipinski definition) is 2. The minimum Gasteiger partial charge on any atom is -0.508 e. The van der Waals surface area contributed by atoms with E-state index in [4.69, 9.17) is 5.11 Å².